The molecule has 0 aliphatic carbocycles. The number of benzene rings is 2. The molecule has 2 aromatic carbocycles. The van der Waals surface area contributed by atoms with E-state index in [0.29, 0.717) is 24.1 Å². The van der Waals surface area contributed by atoms with Crippen molar-refractivity contribution in [1.29, 1.82) is 0 Å². The van der Waals surface area contributed by atoms with E-state index >= 15 is 0 Å². The maximum Gasteiger partial charge on any atom is 0.387 e. The lowest BCUT2D eigenvalue weighted by atomic mass is 10.0. The van der Waals surface area contributed by atoms with Crippen LogP contribution in [0.5, 0.6) is 5.75 Å². The molecular weight excluding hydrogens is 362 g/mol. The molecule has 0 radical (unpaired) electrons. The van der Waals surface area contributed by atoms with Crippen LogP contribution in [0.3, 0.4) is 0 Å². The van der Waals surface area contributed by atoms with E-state index in [2.05, 4.69) is 10.1 Å². The van der Waals surface area contributed by atoms with Crippen LogP contribution in [0.4, 0.5) is 14.5 Å². The largest absolute Gasteiger partial charge is 0.434 e. The van der Waals surface area contributed by atoms with Crippen LogP contribution in [-0.2, 0) is 11.2 Å². The van der Waals surface area contributed by atoms with Gasteiger partial charge in [0.1, 0.15) is 5.75 Å². The minimum absolute atomic E-state index is 0. The summed E-state index contributed by atoms with van der Waals surface area (Å²) in [6.07, 6.45) is 1.34. The van der Waals surface area contributed by atoms with Gasteiger partial charge in [-0.15, -0.1) is 12.4 Å². The molecule has 1 atom stereocenters. The third kappa shape index (κ3) is 6.19. The van der Waals surface area contributed by atoms with E-state index in [1.807, 2.05) is 25.1 Å². The molecule has 2 rings (SSSR count). The van der Waals surface area contributed by atoms with E-state index in [0.717, 1.165) is 5.56 Å². The van der Waals surface area contributed by atoms with Gasteiger partial charge >= 0.3 is 6.61 Å². The van der Waals surface area contributed by atoms with Gasteiger partial charge in [0.2, 0.25) is 5.91 Å². The zero-order chi connectivity index (χ0) is 18.2. The molecule has 0 fully saturated rings. The molecule has 0 aliphatic heterocycles. The van der Waals surface area contributed by atoms with Crippen molar-refractivity contribution in [1.82, 2.24) is 5.32 Å². The molecule has 7 heteroatoms. The van der Waals surface area contributed by atoms with Gasteiger partial charge in [-0.2, -0.15) is 8.78 Å². The topological polar surface area (TPSA) is 64.4 Å². The maximum atomic E-state index is 12.6. The molecular formula is C19H23ClF2N2O2. The number of ether oxygens (including phenoxy) is 1. The van der Waals surface area contributed by atoms with E-state index < -0.39 is 12.7 Å². The minimum atomic E-state index is -2.91. The molecule has 0 aliphatic rings. The van der Waals surface area contributed by atoms with Crippen molar-refractivity contribution in [3.63, 3.8) is 0 Å². The summed E-state index contributed by atoms with van der Waals surface area (Å²) in [5.74, 6) is -0.0843. The van der Waals surface area contributed by atoms with E-state index in [4.69, 9.17) is 5.73 Å². The van der Waals surface area contributed by atoms with Gasteiger partial charge in [-0.1, -0.05) is 43.3 Å². The molecule has 26 heavy (non-hydrogen) atoms. The predicted molar refractivity (Wildman–Crippen MR) is 101 cm³/mol. The first-order valence-corrected chi connectivity index (χ1v) is 8.17. The third-order valence-electron chi connectivity index (χ3n) is 3.93. The number of nitrogens with two attached hydrogens (primary N) is 1. The van der Waals surface area contributed by atoms with Gasteiger partial charge in [0.05, 0.1) is 6.04 Å². The molecule has 0 spiro atoms. The van der Waals surface area contributed by atoms with E-state index in [9.17, 15) is 13.6 Å². The standard InChI is InChI=1S/C19H22F2N2O2.ClH/c1-2-16(14-8-4-6-10-17(14)25-19(20)21)23-18(24)12-11-13-7-3-5-9-15(13)22;/h3-10,16,19H,2,11-12,22H2,1H3,(H,23,24);1H. The molecule has 0 bridgehead atoms. The van der Waals surface area contributed by atoms with E-state index in [1.165, 1.54) is 6.07 Å². The fourth-order valence-corrected chi connectivity index (χ4v) is 2.65. The van der Waals surface area contributed by atoms with Gasteiger partial charge in [-0.3, -0.25) is 4.79 Å². The third-order valence-corrected chi connectivity index (χ3v) is 3.93. The fourth-order valence-electron chi connectivity index (χ4n) is 2.65. The van der Waals surface area contributed by atoms with Crippen LogP contribution in [0.2, 0.25) is 0 Å². The number of carbonyl (C=O) groups is 1. The summed E-state index contributed by atoms with van der Waals surface area (Å²) < 4.78 is 29.7. The molecule has 3 N–H and O–H groups in total. The quantitative estimate of drug-likeness (QED) is 0.659. The summed E-state index contributed by atoms with van der Waals surface area (Å²) in [5.41, 5.74) is 7.97. The first kappa shape index (κ1) is 21.7. The number of rotatable bonds is 8. The number of amides is 1. The highest BCUT2D eigenvalue weighted by Crippen LogP contribution is 2.28. The summed E-state index contributed by atoms with van der Waals surface area (Å²) in [6.45, 7) is -1.03. The number of para-hydroxylation sites is 2. The maximum absolute atomic E-state index is 12.6. The van der Waals surface area contributed by atoms with Crippen LogP contribution in [0.1, 0.15) is 36.9 Å². The average molecular weight is 385 g/mol. The number of hydrogen-bond donors (Lipinski definition) is 2. The lowest BCUT2D eigenvalue weighted by Crippen LogP contribution is -2.28. The first-order valence-electron chi connectivity index (χ1n) is 8.17. The molecule has 2 aromatic rings. The van der Waals surface area contributed by atoms with Crippen molar-refractivity contribution in [3.05, 3.63) is 59.7 Å². The van der Waals surface area contributed by atoms with Crippen molar-refractivity contribution in [3.8, 4) is 5.75 Å². The molecule has 1 unspecified atom stereocenters. The molecule has 0 saturated heterocycles. The Morgan fingerprint density at radius 2 is 1.81 bits per heavy atom. The second kappa shape index (κ2) is 10.6. The van der Waals surface area contributed by atoms with Crippen molar-refractivity contribution in [2.24, 2.45) is 0 Å². The Balaban J connectivity index is 0.00000338. The van der Waals surface area contributed by atoms with Crippen LogP contribution < -0.4 is 15.8 Å². The van der Waals surface area contributed by atoms with Crippen LogP contribution in [0.15, 0.2) is 48.5 Å². The Morgan fingerprint density at radius 1 is 1.15 bits per heavy atom. The van der Waals surface area contributed by atoms with Crippen molar-refractivity contribution in [2.45, 2.75) is 38.8 Å². The highest BCUT2D eigenvalue weighted by Gasteiger charge is 2.18. The van der Waals surface area contributed by atoms with Gasteiger partial charge in [0.15, 0.2) is 0 Å². The lowest BCUT2D eigenvalue weighted by molar-refractivity contribution is -0.121. The van der Waals surface area contributed by atoms with Crippen LogP contribution >= 0.6 is 12.4 Å². The highest BCUT2D eigenvalue weighted by molar-refractivity contribution is 5.85. The summed E-state index contributed by atoms with van der Waals surface area (Å²) in [7, 11) is 0. The molecule has 4 nitrogen and oxygen atoms in total. The van der Waals surface area contributed by atoms with Crippen molar-refractivity contribution < 1.29 is 18.3 Å². The summed E-state index contributed by atoms with van der Waals surface area (Å²) in [6, 6.07) is 13.5. The molecule has 1 amide bonds. The van der Waals surface area contributed by atoms with Gasteiger partial charge in [0, 0.05) is 17.7 Å². The Kier molecular flexibility index (Phi) is 8.85. The molecule has 0 saturated carbocycles. The molecule has 0 heterocycles. The Labute approximate surface area is 158 Å². The number of aryl methyl sites for hydroxylation is 1. The highest BCUT2D eigenvalue weighted by atomic mass is 35.5. The zero-order valence-corrected chi connectivity index (χ0v) is 15.3. The predicted octanol–water partition coefficient (Wildman–Crippen LogP) is 4.49. The monoisotopic (exact) mass is 384 g/mol. The van der Waals surface area contributed by atoms with Gasteiger partial charge in [-0.05, 0) is 30.5 Å². The number of nitrogens with one attached hydrogen (secondary N) is 1. The van der Waals surface area contributed by atoms with Crippen molar-refractivity contribution in [2.75, 3.05) is 5.73 Å². The van der Waals surface area contributed by atoms with Gasteiger partial charge < -0.3 is 15.8 Å². The number of hydrogen-bond acceptors (Lipinski definition) is 3. The molecule has 142 valence electrons. The fraction of sp³-hybridized carbons (Fsp3) is 0.316. The number of halogens is 3. The number of alkyl halides is 2. The van der Waals surface area contributed by atoms with Crippen LogP contribution in [0, 0.1) is 0 Å². The minimum Gasteiger partial charge on any atom is -0.434 e. The Hall–Kier alpha value is -2.34. The average Bonchev–Trinajstić information content (AvgIpc) is 2.59. The number of carbonyl (C=O) groups excluding carboxylic acids is 1. The number of anilines is 1. The molecule has 0 aromatic heterocycles. The number of nitrogen functional groups attached to an aromatic ring is 1. The SMILES string of the molecule is CCC(NC(=O)CCc1ccccc1N)c1ccccc1OC(F)F.Cl. The Bertz CT molecular complexity index is 713. The smallest absolute Gasteiger partial charge is 0.387 e. The second-order valence-corrected chi connectivity index (χ2v) is 5.64. The van der Waals surface area contributed by atoms with Gasteiger partial charge in [-0.25, -0.2) is 0 Å². The first-order chi connectivity index (χ1) is 12.0. The van der Waals surface area contributed by atoms with E-state index in [1.54, 1.807) is 24.3 Å². The van der Waals surface area contributed by atoms with Crippen LogP contribution in [0.25, 0.3) is 0 Å². The van der Waals surface area contributed by atoms with Crippen molar-refractivity contribution >= 4 is 24.0 Å². The van der Waals surface area contributed by atoms with Gasteiger partial charge in [0.25, 0.3) is 0 Å². The summed E-state index contributed by atoms with van der Waals surface area (Å²) >= 11 is 0. The zero-order valence-electron chi connectivity index (χ0n) is 14.5. The van der Waals surface area contributed by atoms with E-state index in [-0.39, 0.29) is 30.5 Å². The normalized spacial score (nSPS) is 11.5. The summed E-state index contributed by atoms with van der Waals surface area (Å²) in [5, 5.41) is 2.88. The Morgan fingerprint density at radius 3 is 2.46 bits per heavy atom. The summed E-state index contributed by atoms with van der Waals surface area (Å²) in [4.78, 5) is 12.3. The van der Waals surface area contributed by atoms with Crippen LogP contribution in [-0.4, -0.2) is 12.5 Å². The lowest BCUT2D eigenvalue weighted by Gasteiger charge is -2.20. The second-order valence-electron chi connectivity index (χ2n) is 5.64.